The minimum Gasteiger partial charge on any atom is -0.390 e. The van der Waals surface area contributed by atoms with Gasteiger partial charge in [-0.3, -0.25) is 14.6 Å². The molecule has 1 amide bonds. The standard InChI is InChI=1S/C17H36N4O2/c1-7-17(3,4)18-16(23)14(2)20(6)12-15(22)13-21-10-8-19(5)9-11-21/h14-15,22H,7-13H2,1-6H3,(H,18,23). The molecule has 0 radical (unpaired) electrons. The van der Waals surface area contributed by atoms with Crippen LogP contribution in [0.15, 0.2) is 0 Å². The van der Waals surface area contributed by atoms with E-state index >= 15 is 0 Å². The van der Waals surface area contributed by atoms with Crippen molar-refractivity contribution in [3.05, 3.63) is 0 Å². The average molecular weight is 329 g/mol. The van der Waals surface area contributed by atoms with Crippen LogP contribution in [0.2, 0.25) is 0 Å². The second-order valence-electron chi connectivity index (χ2n) is 7.60. The molecule has 0 spiro atoms. The first-order valence-corrected chi connectivity index (χ1v) is 8.76. The van der Waals surface area contributed by atoms with Gasteiger partial charge in [0.1, 0.15) is 0 Å². The third-order valence-corrected chi connectivity index (χ3v) is 4.95. The molecule has 6 heteroatoms. The van der Waals surface area contributed by atoms with Gasteiger partial charge in [0.2, 0.25) is 5.91 Å². The summed E-state index contributed by atoms with van der Waals surface area (Å²) >= 11 is 0. The SMILES string of the molecule is CCC(C)(C)NC(=O)C(C)N(C)CC(O)CN1CCN(C)CC1. The van der Waals surface area contributed by atoms with E-state index in [4.69, 9.17) is 0 Å². The van der Waals surface area contributed by atoms with Crippen molar-refractivity contribution in [3.8, 4) is 0 Å². The van der Waals surface area contributed by atoms with Gasteiger partial charge in [-0.25, -0.2) is 0 Å². The van der Waals surface area contributed by atoms with Crippen LogP contribution in [-0.2, 0) is 4.79 Å². The van der Waals surface area contributed by atoms with E-state index in [2.05, 4.69) is 29.1 Å². The number of β-amino-alcohol motifs (C(OH)–C–C–N with tert-alkyl or cyclic N) is 1. The smallest absolute Gasteiger partial charge is 0.237 e. The van der Waals surface area contributed by atoms with E-state index in [1.165, 1.54) is 0 Å². The summed E-state index contributed by atoms with van der Waals surface area (Å²) in [5.74, 6) is 0.0196. The predicted molar refractivity (Wildman–Crippen MR) is 94.5 cm³/mol. The van der Waals surface area contributed by atoms with E-state index in [9.17, 15) is 9.90 Å². The van der Waals surface area contributed by atoms with E-state index in [0.717, 1.165) is 32.6 Å². The largest absolute Gasteiger partial charge is 0.390 e. The summed E-state index contributed by atoms with van der Waals surface area (Å²) in [6.07, 6.45) is 0.458. The van der Waals surface area contributed by atoms with Gasteiger partial charge in [0, 0.05) is 44.8 Å². The van der Waals surface area contributed by atoms with Gasteiger partial charge in [-0.05, 0) is 41.3 Å². The van der Waals surface area contributed by atoms with Crippen molar-refractivity contribution >= 4 is 5.91 Å². The van der Waals surface area contributed by atoms with Crippen molar-refractivity contribution in [1.82, 2.24) is 20.0 Å². The van der Waals surface area contributed by atoms with Crippen LogP contribution in [0.5, 0.6) is 0 Å². The van der Waals surface area contributed by atoms with Crippen molar-refractivity contribution in [2.75, 3.05) is 53.4 Å². The Bertz CT molecular complexity index is 368. The highest BCUT2D eigenvalue weighted by molar-refractivity contribution is 5.81. The first-order chi connectivity index (χ1) is 10.6. The van der Waals surface area contributed by atoms with Gasteiger partial charge < -0.3 is 15.3 Å². The summed E-state index contributed by atoms with van der Waals surface area (Å²) in [4.78, 5) is 18.8. The molecular formula is C17H36N4O2. The lowest BCUT2D eigenvalue weighted by atomic mass is 10.0. The second kappa shape index (κ2) is 8.97. The summed E-state index contributed by atoms with van der Waals surface area (Å²) in [6, 6.07) is -0.247. The number of piperazine rings is 1. The topological polar surface area (TPSA) is 59.1 Å². The molecule has 2 atom stereocenters. The van der Waals surface area contributed by atoms with Crippen molar-refractivity contribution < 1.29 is 9.90 Å². The van der Waals surface area contributed by atoms with Crippen molar-refractivity contribution in [1.29, 1.82) is 0 Å². The average Bonchev–Trinajstić information content (AvgIpc) is 2.48. The number of carbonyl (C=O) groups is 1. The molecular weight excluding hydrogens is 292 g/mol. The molecule has 1 heterocycles. The second-order valence-corrected chi connectivity index (χ2v) is 7.60. The zero-order chi connectivity index (χ0) is 17.6. The number of aliphatic hydroxyl groups excluding tert-OH is 1. The van der Waals surface area contributed by atoms with Gasteiger partial charge in [0.25, 0.3) is 0 Å². The maximum atomic E-state index is 12.3. The molecule has 0 saturated carbocycles. The normalized spacial score (nSPS) is 20.5. The minimum atomic E-state index is -0.433. The lowest BCUT2D eigenvalue weighted by Gasteiger charge is -2.35. The number of rotatable bonds is 8. The Kier molecular flexibility index (Phi) is 7.94. The summed E-state index contributed by atoms with van der Waals surface area (Å²) < 4.78 is 0. The number of hydrogen-bond donors (Lipinski definition) is 2. The van der Waals surface area contributed by atoms with Crippen molar-refractivity contribution in [3.63, 3.8) is 0 Å². The molecule has 2 N–H and O–H groups in total. The molecule has 0 aromatic carbocycles. The number of likely N-dealkylation sites (N-methyl/N-ethyl adjacent to an activating group) is 2. The number of nitrogens with zero attached hydrogens (tertiary/aromatic N) is 3. The van der Waals surface area contributed by atoms with E-state index in [-0.39, 0.29) is 17.5 Å². The Morgan fingerprint density at radius 1 is 1.30 bits per heavy atom. The molecule has 1 fully saturated rings. The van der Waals surface area contributed by atoms with E-state index in [1.807, 2.05) is 32.7 Å². The number of nitrogens with one attached hydrogen (secondary N) is 1. The Morgan fingerprint density at radius 2 is 1.87 bits per heavy atom. The zero-order valence-electron chi connectivity index (χ0n) is 15.8. The van der Waals surface area contributed by atoms with Crippen LogP contribution >= 0.6 is 0 Å². The van der Waals surface area contributed by atoms with E-state index < -0.39 is 6.10 Å². The highest BCUT2D eigenvalue weighted by atomic mass is 16.3. The van der Waals surface area contributed by atoms with Crippen LogP contribution in [0.4, 0.5) is 0 Å². The molecule has 0 aromatic rings. The summed E-state index contributed by atoms with van der Waals surface area (Å²) in [6.45, 7) is 13.3. The lowest BCUT2D eigenvalue weighted by molar-refractivity contribution is -0.127. The third kappa shape index (κ3) is 7.16. The van der Waals surface area contributed by atoms with Gasteiger partial charge in [-0.15, -0.1) is 0 Å². The molecule has 0 aromatic heterocycles. The molecule has 1 saturated heterocycles. The van der Waals surface area contributed by atoms with E-state index in [0.29, 0.717) is 13.1 Å². The maximum Gasteiger partial charge on any atom is 0.237 e. The summed E-state index contributed by atoms with van der Waals surface area (Å²) in [5, 5.41) is 13.4. The van der Waals surface area contributed by atoms with Crippen LogP contribution in [-0.4, -0.2) is 96.8 Å². The Balaban J connectivity index is 2.38. The zero-order valence-corrected chi connectivity index (χ0v) is 15.8. The number of amides is 1. The number of hydrogen-bond acceptors (Lipinski definition) is 5. The van der Waals surface area contributed by atoms with Crippen LogP contribution in [0.3, 0.4) is 0 Å². The molecule has 2 unspecified atom stereocenters. The minimum absolute atomic E-state index is 0.0196. The van der Waals surface area contributed by atoms with Crippen LogP contribution in [0.1, 0.15) is 34.1 Å². The van der Waals surface area contributed by atoms with Crippen LogP contribution in [0.25, 0.3) is 0 Å². The quantitative estimate of drug-likeness (QED) is 0.667. The first kappa shape index (κ1) is 20.4. The Labute approximate surface area is 141 Å². The molecule has 1 aliphatic heterocycles. The monoisotopic (exact) mass is 328 g/mol. The fourth-order valence-corrected chi connectivity index (χ4v) is 2.60. The highest BCUT2D eigenvalue weighted by Crippen LogP contribution is 2.09. The molecule has 6 nitrogen and oxygen atoms in total. The third-order valence-electron chi connectivity index (χ3n) is 4.95. The van der Waals surface area contributed by atoms with Crippen molar-refractivity contribution in [2.24, 2.45) is 0 Å². The van der Waals surface area contributed by atoms with Gasteiger partial charge in [-0.1, -0.05) is 6.92 Å². The Morgan fingerprint density at radius 3 is 2.39 bits per heavy atom. The fraction of sp³-hybridized carbons (Fsp3) is 0.941. The molecule has 0 bridgehead atoms. The molecule has 23 heavy (non-hydrogen) atoms. The van der Waals surface area contributed by atoms with Gasteiger partial charge in [-0.2, -0.15) is 0 Å². The van der Waals surface area contributed by atoms with Gasteiger partial charge in [0.15, 0.2) is 0 Å². The molecule has 1 aliphatic rings. The molecule has 1 rings (SSSR count). The maximum absolute atomic E-state index is 12.3. The number of aliphatic hydroxyl groups is 1. The highest BCUT2D eigenvalue weighted by Gasteiger charge is 2.26. The van der Waals surface area contributed by atoms with E-state index in [1.54, 1.807) is 0 Å². The summed E-state index contributed by atoms with van der Waals surface area (Å²) in [5.41, 5.74) is -0.190. The van der Waals surface area contributed by atoms with Gasteiger partial charge in [0.05, 0.1) is 12.1 Å². The molecule has 0 aliphatic carbocycles. The van der Waals surface area contributed by atoms with Crippen LogP contribution in [0, 0.1) is 0 Å². The lowest BCUT2D eigenvalue weighted by Crippen LogP contribution is -2.53. The number of carbonyl (C=O) groups excluding carboxylic acids is 1. The predicted octanol–water partition coefficient (Wildman–Crippen LogP) is 0.220. The Hall–Kier alpha value is -0.690. The summed E-state index contributed by atoms with van der Waals surface area (Å²) in [7, 11) is 4.02. The molecule has 136 valence electrons. The van der Waals surface area contributed by atoms with Crippen LogP contribution < -0.4 is 5.32 Å². The van der Waals surface area contributed by atoms with Crippen molar-refractivity contribution in [2.45, 2.75) is 51.8 Å². The van der Waals surface area contributed by atoms with Gasteiger partial charge >= 0.3 is 0 Å². The fourth-order valence-electron chi connectivity index (χ4n) is 2.60. The first-order valence-electron chi connectivity index (χ1n) is 8.76.